The van der Waals surface area contributed by atoms with Crippen LogP contribution in [0, 0.1) is 5.92 Å². The minimum atomic E-state index is -0.426. The van der Waals surface area contributed by atoms with Gasteiger partial charge in [-0.1, -0.05) is 19.9 Å². The molecular weight excluding hydrogens is 284 g/mol. The van der Waals surface area contributed by atoms with E-state index in [1.54, 1.807) is 19.9 Å². The van der Waals surface area contributed by atoms with Crippen LogP contribution in [0.2, 0.25) is 0 Å². The molecule has 0 saturated heterocycles. The van der Waals surface area contributed by atoms with Crippen molar-refractivity contribution in [3.63, 3.8) is 0 Å². The number of carbonyl (C=O) groups is 2. The van der Waals surface area contributed by atoms with Crippen molar-refractivity contribution in [2.24, 2.45) is 5.92 Å². The van der Waals surface area contributed by atoms with E-state index in [9.17, 15) is 19.8 Å². The van der Waals surface area contributed by atoms with E-state index in [-0.39, 0.29) is 35.6 Å². The van der Waals surface area contributed by atoms with Crippen molar-refractivity contribution in [1.82, 2.24) is 0 Å². The first-order valence-corrected chi connectivity index (χ1v) is 7.55. The molecule has 22 heavy (non-hydrogen) atoms. The highest BCUT2D eigenvalue weighted by atomic mass is 16.5. The summed E-state index contributed by atoms with van der Waals surface area (Å²) in [6.45, 7) is 5.64. The van der Waals surface area contributed by atoms with Crippen LogP contribution in [0.3, 0.4) is 0 Å². The van der Waals surface area contributed by atoms with Gasteiger partial charge < -0.3 is 14.9 Å². The highest BCUT2D eigenvalue weighted by molar-refractivity contribution is 5.84. The number of benzene rings is 1. The number of esters is 1. The average Bonchev–Trinajstić information content (AvgIpc) is 2.45. The molecule has 2 N–H and O–H groups in total. The molecule has 0 aromatic heterocycles. The monoisotopic (exact) mass is 308 g/mol. The van der Waals surface area contributed by atoms with Gasteiger partial charge in [0.15, 0.2) is 0 Å². The van der Waals surface area contributed by atoms with Crippen LogP contribution >= 0.6 is 0 Å². The quantitative estimate of drug-likeness (QED) is 0.721. The smallest absolute Gasteiger partial charge is 0.309 e. The van der Waals surface area contributed by atoms with Gasteiger partial charge in [-0.15, -0.1) is 0 Å². The molecule has 0 spiro atoms. The number of rotatable bonds is 8. The average molecular weight is 308 g/mol. The Labute approximate surface area is 130 Å². The summed E-state index contributed by atoms with van der Waals surface area (Å²) in [4.78, 5) is 23.4. The normalized spacial score (nSPS) is 13.4. The Bertz CT molecular complexity index is 524. The van der Waals surface area contributed by atoms with Gasteiger partial charge >= 0.3 is 5.97 Å². The molecule has 0 radical (unpaired) electrons. The van der Waals surface area contributed by atoms with Crippen molar-refractivity contribution in [1.29, 1.82) is 0 Å². The maximum Gasteiger partial charge on any atom is 0.309 e. The summed E-state index contributed by atoms with van der Waals surface area (Å²) < 4.78 is 4.88. The van der Waals surface area contributed by atoms with Crippen LogP contribution in [0.15, 0.2) is 18.2 Å². The number of aromatic hydroxyl groups is 2. The summed E-state index contributed by atoms with van der Waals surface area (Å²) in [7, 11) is 0. The van der Waals surface area contributed by atoms with Gasteiger partial charge in [-0.05, 0) is 30.9 Å². The molecule has 1 rings (SSSR count). The predicted molar refractivity (Wildman–Crippen MR) is 82.8 cm³/mol. The molecule has 0 aliphatic rings. The summed E-state index contributed by atoms with van der Waals surface area (Å²) >= 11 is 0. The van der Waals surface area contributed by atoms with Crippen LogP contribution in [-0.4, -0.2) is 28.6 Å². The van der Waals surface area contributed by atoms with E-state index < -0.39 is 5.92 Å². The van der Waals surface area contributed by atoms with E-state index in [4.69, 9.17) is 4.74 Å². The summed E-state index contributed by atoms with van der Waals surface area (Å²) in [5.41, 5.74) is 0.698. The largest absolute Gasteiger partial charge is 0.508 e. The predicted octanol–water partition coefficient (Wildman–Crippen LogP) is 3.14. The van der Waals surface area contributed by atoms with Crippen molar-refractivity contribution in [3.05, 3.63) is 23.8 Å². The van der Waals surface area contributed by atoms with Crippen molar-refractivity contribution in [3.8, 4) is 11.5 Å². The molecule has 1 aromatic carbocycles. The van der Waals surface area contributed by atoms with Gasteiger partial charge in [0.25, 0.3) is 0 Å². The highest BCUT2D eigenvalue weighted by Gasteiger charge is 2.19. The number of Topliss-reactive ketones (excluding diaryl/α,β-unsaturated/α-hetero) is 1. The molecule has 2 unspecified atom stereocenters. The van der Waals surface area contributed by atoms with Crippen LogP contribution in [0.4, 0.5) is 0 Å². The Morgan fingerprint density at radius 3 is 2.50 bits per heavy atom. The fourth-order valence-electron chi connectivity index (χ4n) is 2.29. The molecule has 0 amide bonds. The maximum absolute atomic E-state index is 11.9. The molecule has 1 aromatic rings. The lowest BCUT2D eigenvalue weighted by molar-refractivity contribution is -0.148. The topological polar surface area (TPSA) is 83.8 Å². The third-order valence-corrected chi connectivity index (χ3v) is 3.62. The number of ketones is 1. The zero-order chi connectivity index (χ0) is 16.7. The molecule has 0 bridgehead atoms. The molecular formula is C17H24O5. The van der Waals surface area contributed by atoms with Crippen molar-refractivity contribution >= 4 is 11.8 Å². The number of hydrogen-bond donors (Lipinski definition) is 2. The summed E-state index contributed by atoms with van der Waals surface area (Å²) in [6.07, 6.45) is 1.09. The van der Waals surface area contributed by atoms with Gasteiger partial charge in [-0.25, -0.2) is 0 Å². The number of phenolic OH excluding ortho intramolecular Hbond substituents is 2. The lowest BCUT2D eigenvalue weighted by Gasteiger charge is -2.14. The summed E-state index contributed by atoms with van der Waals surface area (Å²) in [6, 6.07) is 4.45. The standard InChI is InChI=1S/C17H24O5/c1-4-22-17(21)12(3)9-13(18)6-5-11(2)15-8-7-14(19)10-16(15)20/h7-8,10-12,19-20H,4-6,9H2,1-3H3. The third kappa shape index (κ3) is 5.39. The van der Waals surface area contributed by atoms with E-state index in [1.807, 2.05) is 6.92 Å². The molecule has 2 atom stereocenters. The minimum absolute atomic E-state index is 0.00525. The van der Waals surface area contributed by atoms with Gasteiger partial charge in [0, 0.05) is 18.9 Å². The zero-order valence-electron chi connectivity index (χ0n) is 13.3. The van der Waals surface area contributed by atoms with Crippen LogP contribution in [0.5, 0.6) is 11.5 Å². The van der Waals surface area contributed by atoms with Crippen LogP contribution in [0.25, 0.3) is 0 Å². The fourth-order valence-corrected chi connectivity index (χ4v) is 2.29. The molecule has 5 heteroatoms. The Hall–Kier alpha value is -2.04. The molecule has 0 saturated carbocycles. The van der Waals surface area contributed by atoms with Gasteiger partial charge in [0.05, 0.1) is 12.5 Å². The second-order valence-electron chi connectivity index (χ2n) is 5.58. The first-order valence-electron chi connectivity index (χ1n) is 7.55. The van der Waals surface area contributed by atoms with E-state index in [0.29, 0.717) is 25.0 Å². The fraction of sp³-hybridized carbons (Fsp3) is 0.529. The number of phenols is 2. The number of carbonyl (C=O) groups excluding carboxylic acids is 2. The maximum atomic E-state index is 11.9. The third-order valence-electron chi connectivity index (χ3n) is 3.62. The van der Waals surface area contributed by atoms with Crippen LogP contribution in [-0.2, 0) is 14.3 Å². The van der Waals surface area contributed by atoms with E-state index in [0.717, 1.165) is 0 Å². The Morgan fingerprint density at radius 1 is 1.23 bits per heavy atom. The Balaban J connectivity index is 2.48. The lowest BCUT2D eigenvalue weighted by atomic mass is 9.92. The zero-order valence-corrected chi connectivity index (χ0v) is 13.3. The van der Waals surface area contributed by atoms with Gasteiger partial charge in [0.1, 0.15) is 17.3 Å². The van der Waals surface area contributed by atoms with Crippen molar-refractivity contribution < 1.29 is 24.5 Å². The van der Waals surface area contributed by atoms with Gasteiger partial charge in [0.2, 0.25) is 0 Å². The molecule has 0 aliphatic carbocycles. The first-order chi connectivity index (χ1) is 10.3. The molecule has 122 valence electrons. The lowest BCUT2D eigenvalue weighted by Crippen LogP contribution is -2.18. The second-order valence-corrected chi connectivity index (χ2v) is 5.58. The van der Waals surface area contributed by atoms with Gasteiger partial charge in [-0.3, -0.25) is 9.59 Å². The number of hydrogen-bond acceptors (Lipinski definition) is 5. The summed E-state index contributed by atoms with van der Waals surface area (Å²) in [5, 5.41) is 19.1. The van der Waals surface area contributed by atoms with Gasteiger partial charge in [-0.2, -0.15) is 0 Å². The molecule has 0 fully saturated rings. The molecule has 5 nitrogen and oxygen atoms in total. The van der Waals surface area contributed by atoms with Crippen LogP contribution in [0.1, 0.15) is 51.5 Å². The summed E-state index contributed by atoms with van der Waals surface area (Å²) in [5.74, 6) is -0.745. The molecule has 0 heterocycles. The van der Waals surface area contributed by atoms with E-state index >= 15 is 0 Å². The SMILES string of the molecule is CCOC(=O)C(C)CC(=O)CCC(C)c1ccc(O)cc1O. The highest BCUT2D eigenvalue weighted by Crippen LogP contribution is 2.31. The molecule has 0 aliphatic heterocycles. The Kier molecular flexibility index (Phi) is 6.89. The van der Waals surface area contributed by atoms with Crippen LogP contribution < -0.4 is 0 Å². The minimum Gasteiger partial charge on any atom is -0.508 e. The number of ether oxygens (including phenoxy) is 1. The van der Waals surface area contributed by atoms with Crippen molar-refractivity contribution in [2.45, 2.75) is 46.0 Å². The Morgan fingerprint density at radius 2 is 1.91 bits per heavy atom. The second kappa shape index (κ2) is 8.41. The van der Waals surface area contributed by atoms with E-state index in [2.05, 4.69) is 0 Å². The first kappa shape index (κ1) is 18.0. The van der Waals surface area contributed by atoms with Crippen molar-refractivity contribution in [2.75, 3.05) is 6.61 Å². The van der Waals surface area contributed by atoms with E-state index in [1.165, 1.54) is 12.1 Å².